The standard InChI is InChI=1S/C16H24N2O2/c1-13-4-2-9-18(12-13)10-3-11-20-16(19)14-5-7-15(17)8-6-14/h5-8,13H,2-4,9-12,17H2,1H3. The Bertz CT molecular complexity index is 431. The van der Waals surface area contributed by atoms with Crippen LogP contribution < -0.4 is 5.73 Å². The second kappa shape index (κ2) is 7.29. The number of anilines is 1. The summed E-state index contributed by atoms with van der Waals surface area (Å²) in [6.07, 6.45) is 3.52. The number of benzene rings is 1. The molecule has 0 amide bonds. The normalized spacial score (nSPS) is 19.8. The fourth-order valence-electron chi connectivity index (χ4n) is 2.65. The zero-order valence-corrected chi connectivity index (χ0v) is 12.2. The van der Waals surface area contributed by atoms with Crippen molar-refractivity contribution in [1.82, 2.24) is 4.90 Å². The Hall–Kier alpha value is -1.55. The third kappa shape index (κ3) is 4.53. The summed E-state index contributed by atoms with van der Waals surface area (Å²) in [5, 5.41) is 0. The van der Waals surface area contributed by atoms with E-state index >= 15 is 0 Å². The maximum atomic E-state index is 11.8. The van der Waals surface area contributed by atoms with Crippen molar-refractivity contribution in [2.24, 2.45) is 5.92 Å². The summed E-state index contributed by atoms with van der Waals surface area (Å²) >= 11 is 0. The maximum absolute atomic E-state index is 11.8. The van der Waals surface area contributed by atoms with Crippen molar-refractivity contribution in [2.75, 3.05) is 32.0 Å². The van der Waals surface area contributed by atoms with Crippen molar-refractivity contribution in [2.45, 2.75) is 26.2 Å². The number of carbonyl (C=O) groups is 1. The van der Waals surface area contributed by atoms with Crippen LogP contribution in [0.15, 0.2) is 24.3 Å². The zero-order valence-electron chi connectivity index (χ0n) is 12.2. The third-order valence-corrected chi connectivity index (χ3v) is 3.74. The highest BCUT2D eigenvalue weighted by atomic mass is 16.5. The molecule has 4 nitrogen and oxygen atoms in total. The molecule has 1 aromatic rings. The Balaban J connectivity index is 1.65. The van der Waals surface area contributed by atoms with Gasteiger partial charge in [0.2, 0.25) is 0 Å². The molecule has 0 aromatic heterocycles. The van der Waals surface area contributed by atoms with Crippen LogP contribution in [0.25, 0.3) is 0 Å². The molecule has 1 aliphatic heterocycles. The quantitative estimate of drug-likeness (QED) is 0.510. The minimum absolute atomic E-state index is 0.267. The van der Waals surface area contributed by atoms with Crippen molar-refractivity contribution in [3.8, 4) is 0 Å². The summed E-state index contributed by atoms with van der Waals surface area (Å²) < 4.78 is 5.28. The summed E-state index contributed by atoms with van der Waals surface area (Å²) in [5.74, 6) is 0.526. The second-order valence-corrected chi connectivity index (χ2v) is 5.66. The number of likely N-dealkylation sites (tertiary alicyclic amines) is 1. The lowest BCUT2D eigenvalue weighted by atomic mass is 10.0. The summed E-state index contributed by atoms with van der Waals surface area (Å²) in [6.45, 7) is 6.14. The van der Waals surface area contributed by atoms with Crippen LogP contribution in [-0.4, -0.2) is 37.1 Å². The molecule has 0 bridgehead atoms. The van der Waals surface area contributed by atoms with Gasteiger partial charge in [0.05, 0.1) is 12.2 Å². The number of nitrogen functional groups attached to an aromatic ring is 1. The fraction of sp³-hybridized carbons (Fsp3) is 0.562. The van der Waals surface area contributed by atoms with Crippen LogP contribution in [-0.2, 0) is 4.74 Å². The van der Waals surface area contributed by atoms with Gasteiger partial charge in [-0.15, -0.1) is 0 Å². The molecule has 1 heterocycles. The number of rotatable bonds is 5. The molecule has 1 aliphatic rings. The van der Waals surface area contributed by atoms with Crippen LogP contribution in [0.1, 0.15) is 36.5 Å². The predicted octanol–water partition coefficient (Wildman–Crippen LogP) is 2.55. The van der Waals surface area contributed by atoms with Gasteiger partial charge in [0.25, 0.3) is 0 Å². The summed E-state index contributed by atoms with van der Waals surface area (Å²) in [7, 11) is 0. The van der Waals surface area contributed by atoms with E-state index in [1.54, 1.807) is 24.3 Å². The van der Waals surface area contributed by atoms with Crippen LogP contribution in [0.3, 0.4) is 0 Å². The number of piperidine rings is 1. The van der Waals surface area contributed by atoms with Gasteiger partial charge in [-0.25, -0.2) is 4.79 Å². The maximum Gasteiger partial charge on any atom is 0.338 e. The Morgan fingerprint density at radius 1 is 1.40 bits per heavy atom. The fourth-order valence-corrected chi connectivity index (χ4v) is 2.65. The zero-order chi connectivity index (χ0) is 14.4. The van der Waals surface area contributed by atoms with Crippen molar-refractivity contribution in [3.05, 3.63) is 29.8 Å². The van der Waals surface area contributed by atoms with Crippen molar-refractivity contribution >= 4 is 11.7 Å². The topological polar surface area (TPSA) is 55.6 Å². The van der Waals surface area contributed by atoms with Gasteiger partial charge in [0.15, 0.2) is 0 Å². The average molecular weight is 276 g/mol. The van der Waals surface area contributed by atoms with E-state index in [4.69, 9.17) is 10.5 Å². The van der Waals surface area contributed by atoms with Crippen molar-refractivity contribution < 1.29 is 9.53 Å². The smallest absolute Gasteiger partial charge is 0.338 e. The van der Waals surface area contributed by atoms with E-state index in [1.807, 2.05) is 0 Å². The number of nitrogens with two attached hydrogens (primary N) is 1. The van der Waals surface area contributed by atoms with E-state index in [2.05, 4.69) is 11.8 Å². The Kier molecular flexibility index (Phi) is 5.41. The van der Waals surface area contributed by atoms with E-state index < -0.39 is 0 Å². The van der Waals surface area contributed by atoms with Gasteiger partial charge in [0.1, 0.15) is 0 Å². The lowest BCUT2D eigenvalue weighted by molar-refractivity contribution is 0.0481. The number of hydrogen-bond acceptors (Lipinski definition) is 4. The van der Waals surface area contributed by atoms with Gasteiger partial charge < -0.3 is 15.4 Å². The minimum Gasteiger partial charge on any atom is -0.462 e. The molecule has 0 radical (unpaired) electrons. The van der Waals surface area contributed by atoms with Crippen LogP contribution in [0.2, 0.25) is 0 Å². The monoisotopic (exact) mass is 276 g/mol. The number of ether oxygens (including phenoxy) is 1. The lowest BCUT2D eigenvalue weighted by Gasteiger charge is -2.30. The van der Waals surface area contributed by atoms with Crippen molar-refractivity contribution in [3.63, 3.8) is 0 Å². The molecule has 1 unspecified atom stereocenters. The van der Waals surface area contributed by atoms with E-state index in [-0.39, 0.29) is 5.97 Å². The molecule has 0 spiro atoms. The largest absolute Gasteiger partial charge is 0.462 e. The number of nitrogens with zero attached hydrogens (tertiary/aromatic N) is 1. The molecule has 2 rings (SSSR count). The second-order valence-electron chi connectivity index (χ2n) is 5.66. The molecule has 110 valence electrons. The van der Waals surface area contributed by atoms with Gasteiger partial charge in [-0.05, 0) is 56.0 Å². The molecule has 1 aromatic carbocycles. The first-order valence-electron chi connectivity index (χ1n) is 7.40. The summed E-state index contributed by atoms with van der Waals surface area (Å²) in [4.78, 5) is 14.2. The molecule has 20 heavy (non-hydrogen) atoms. The van der Waals surface area contributed by atoms with Gasteiger partial charge in [0, 0.05) is 18.8 Å². The third-order valence-electron chi connectivity index (χ3n) is 3.74. The van der Waals surface area contributed by atoms with E-state index in [9.17, 15) is 4.79 Å². The molecule has 1 atom stereocenters. The molecular formula is C16H24N2O2. The van der Waals surface area contributed by atoms with E-state index in [0.717, 1.165) is 18.9 Å². The Labute approximate surface area is 120 Å². The highest BCUT2D eigenvalue weighted by Gasteiger charge is 2.15. The first-order chi connectivity index (χ1) is 9.65. The minimum atomic E-state index is -0.267. The highest BCUT2D eigenvalue weighted by molar-refractivity contribution is 5.89. The first kappa shape index (κ1) is 14.9. The number of carbonyl (C=O) groups excluding carboxylic acids is 1. The predicted molar refractivity (Wildman–Crippen MR) is 80.6 cm³/mol. The lowest BCUT2D eigenvalue weighted by Crippen LogP contribution is -2.35. The van der Waals surface area contributed by atoms with E-state index in [1.165, 1.54) is 25.9 Å². The van der Waals surface area contributed by atoms with Crippen LogP contribution in [0, 0.1) is 5.92 Å². The molecule has 0 aliphatic carbocycles. The van der Waals surface area contributed by atoms with Crippen LogP contribution >= 0.6 is 0 Å². The van der Waals surface area contributed by atoms with Crippen molar-refractivity contribution in [1.29, 1.82) is 0 Å². The SMILES string of the molecule is CC1CCCN(CCCOC(=O)c2ccc(N)cc2)C1. The highest BCUT2D eigenvalue weighted by Crippen LogP contribution is 2.15. The van der Waals surface area contributed by atoms with Gasteiger partial charge in [-0.3, -0.25) is 0 Å². The van der Waals surface area contributed by atoms with Gasteiger partial charge in [-0.1, -0.05) is 6.92 Å². The molecule has 2 N–H and O–H groups in total. The molecule has 4 heteroatoms. The average Bonchev–Trinajstić information content (AvgIpc) is 2.44. The number of hydrogen-bond donors (Lipinski definition) is 1. The Morgan fingerprint density at radius 2 is 2.15 bits per heavy atom. The number of esters is 1. The Morgan fingerprint density at radius 3 is 2.85 bits per heavy atom. The molecule has 1 fully saturated rings. The molecule has 0 saturated carbocycles. The van der Waals surface area contributed by atoms with Gasteiger partial charge >= 0.3 is 5.97 Å². The van der Waals surface area contributed by atoms with Gasteiger partial charge in [-0.2, -0.15) is 0 Å². The van der Waals surface area contributed by atoms with Crippen LogP contribution in [0.5, 0.6) is 0 Å². The van der Waals surface area contributed by atoms with Crippen LogP contribution in [0.4, 0.5) is 5.69 Å². The summed E-state index contributed by atoms with van der Waals surface area (Å²) in [5.41, 5.74) is 6.80. The summed E-state index contributed by atoms with van der Waals surface area (Å²) in [6, 6.07) is 6.82. The first-order valence-corrected chi connectivity index (χ1v) is 7.40. The molecular weight excluding hydrogens is 252 g/mol. The molecule has 1 saturated heterocycles. The van der Waals surface area contributed by atoms with E-state index in [0.29, 0.717) is 17.9 Å².